The highest BCUT2D eigenvalue weighted by atomic mass is 16.3. The summed E-state index contributed by atoms with van der Waals surface area (Å²) < 4.78 is 0. The van der Waals surface area contributed by atoms with Gasteiger partial charge in [-0.3, -0.25) is 0 Å². The molecule has 2 nitrogen and oxygen atoms in total. The van der Waals surface area contributed by atoms with E-state index in [9.17, 15) is 5.11 Å². The molecule has 2 N–H and O–H groups in total. The van der Waals surface area contributed by atoms with Gasteiger partial charge in [-0.15, -0.1) is 0 Å². The lowest BCUT2D eigenvalue weighted by atomic mass is 10.0. The zero-order chi connectivity index (χ0) is 17.9. The van der Waals surface area contributed by atoms with E-state index in [0.717, 1.165) is 5.39 Å². The molecule has 5 aromatic carbocycles. The van der Waals surface area contributed by atoms with Crippen LogP contribution in [-0.2, 0) is 0 Å². The Kier molecular flexibility index (Phi) is 4.16. The minimum absolute atomic E-state index is 0.0481. The highest BCUT2D eigenvalue weighted by molar-refractivity contribution is 5.98. The molecule has 126 valence electrons. The van der Waals surface area contributed by atoms with Crippen LogP contribution in [0.5, 0.6) is 11.5 Å². The van der Waals surface area contributed by atoms with Gasteiger partial charge in [-0.1, -0.05) is 78.9 Å². The molecule has 2 heteroatoms. The van der Waals surface area contributed by atoms with E-state index in [4.69, 9.17) is 5.11 Å². The van der Waals surface area contributed by atoms with Gasteiger partial charge in [-0.25, -0.2) is 0 Å². The van der Waals surface area contributed by atoms with Crippen LogP contribution in [0.25, 0.3) is 32.3 Å². The zero-order valence-electron chi connectivity index (χ0n) is 14.1. The monoisotopic (exact) mass is 338 g/mol. The number of fused-ring (bicyclic) bond motifs is 3. The molecule has 0 spiro atoms. The fourth-order valence-electron chi connectivity index (χ4n) is 3.13. The number of aromatic hydroxyl groups is 2. The molecule has 0 fully saturated rings. The summed E-state index contributed by atoms with van der Waals surface area (Å²) in [7, 11) is 0. The molecule has 0 amide bonds. The first kappa shape index (κ1) is 16.0. The van der Waals surface area contributed by atoms with Crippen LogP contribution in [0.15, 0.2) is 97.1 Å². The van der Waals surface area contributed by atoms with E-state index in [2.05, 4.69) is 60.7 Å². The maximum atomic E-state index is 9.41. The molecular weight excluding hydrogens is 320 g/mol. The van der Waals surface area contributed by atoms with Gasteiger partial charge >= 0.3 is 0 Å². The number of rotatable bonds is 0. The second-order valence-corrected chi connectivity index (χ2v) is 6.20. The summed E-state index contributed by atoms with van der Waals surface area (Å²) in [5.74, 6) is -0.123. The molecule has 0 atom stereocenters. The van der Waals surface area contributed by atoms with Crippen LogP contribution >= 0.6 is 0 Å². The molecule has 0 unspecified atom stereocenters. The van der Waals surface area contributed by atoms with Gasteiger partial charge in [0.05, 0.1) is 0 Å². The first-order valence-corrected chi connectivity index (χ1v) is 8.49. The Hall–Kier alpha value is -3.52. The lowest BCUT2D eigenvalue weighted by Crippen LogP contribution is -1.74. The van der Waals surface area contributed by atoms with Crippen molar-refractivity contribution in [3.05, 3.63) is 97.1 Å². The Balaban J connectivity index is 0.000000131. The highest BCUT2D eigenvalue weighted by Gasteiger charge is 2.02. The minimum Gasteiger partial charge on any atom is -0.504 e. The van der Waals surface area contributed by atoms with E-state index >= 15 is 0 Å². The van der Waals surface area contributed by atoms with Gasteiger partial charge in [0.25, 0.3) is 0 Å². The van der Waals surface area contributed by atoms with Crippen LogP contribution in [0, 0.1) is 0 Å². The van der Waals surface area contributed by atoms with Gasteiger partial charge in [0.15, 0.2) is 11.5 Å². The van der Waals surface area contributed by atoms with E-state index in [1.54, 1.807) is 12.1 Å². The van der Waals surface area contributed by atoms with Crippen molar-refractivity contribution in [2.45, 2.75) is 0 Å². The second kappa shape index (κ2) is 6.77. The van der Waals surface area contributed by atoms with E-state index in [0.29, 0.717) is 5.39 Å². The molecular formula is C24H18O2. The van der Waals surface area contributed by atoms with Gasteiger partial charge in [0.2, 0.25) is 0 Å². The van der Waals surface area contributed by atoms with Crippen molar-refractivity contribution >= 4 is 32.3 Å². The number of hydrogen-bond acceptors (Lipinski definition) is 2. The molecule has 0 saturated heterocycles. The molecule has 5 aromatic rings. The molecule has 0 aliphatic rings. The van der Waals surface area contributed by atoms with Gasteiger partial charge in [-0.05, 0) is 45.1 Å². The quantitative estimate of drug-likeness (QED) is 0.259. The minimum atomic E-state index is -0.0753. The molecule has 5 rings (SSSR count). The predicted octanol–water partition coefficient (Wildman–Crippen LogP) is 6.24. The van der Waals surface area contributed by atoms with Crippen LogP contribution in [0.2, 0.25) is 0 Å². The Labute approximate surface area is 151 Å². The Bertz CT molecular complexity index is 1100. The largest absolute Gasteiger partial charge is 0.504 e. The normalized spacial score (nSPS) is 10.6. The van der Waals surface area contributed by atoms with Crippen molar-refractivity contribution in [3.8, 4) is 11.5 Å². The third kappa shape index (κ3) is 3.05. The van der Waals surface area contributed by atoms with Crippen molar-refractivity contribution in [1.29, 1.82) is 0 Å². The predicted molar refractivity (Wildman–Crippen MR) is 109 cm³/mol. The van der Waals surface area contributed by atoms with Crippen molar-refractivity contribution in [2.75, 3.05) is 0 Å². The van der Waals surface area contributed by atoms with Crippen LogP contribution in [0.1, 0.15) is 0 Å². The number of phenols is 2. The lowest BCUT2D eigenvalue weighted by molar-refractivity contribution is 0.408. The first-order valence-electron chi connectivity index (χ1n) is 8.49. The summed E-state index contributed by atoms with van der Waals surface area (Å²) in [4.78, 5) is 0. The molecule has 0 aliphatic carbocycles. The standard InChI is InChI=1S/C14H10.C10H8O2/c1-2-6-12-10-14-8-4-3-7-13(14)9-11(12)5-1;11-9-6-5-7-3-1-2-4-8(7)10(9)12/h1-10H;1-6,11-12H. The summed E-state index contributed by atoms with van der Waals surface area (Å²) in [6.45, 7) is 0. The van der Waals surface area contributed by atoms with Crippen LogP contribution in [0.3, 0.4) is 0 Å². The van der Waals surface area contributed by atoms with E-state index < -0.39 is 0 Å². The van der Waals surface area contributed by atoms with Crippen molar-refractivity contribution in [3.63, 3.8) is 0 Å². The maximum absolute atomic E-state index is 9.41. The van der Waals surface area contributed by atoms with E-state index in [1.807, 2.05) is 18.2 Å². The highest BCUT2D eigenvalue weighted by Crippen LogP contribution is 2.32. The molecule has 0 saturated carbocycles. The molecule has 0 aromatic heterocycles. The van der Waals surface area contributed by atoms with E-state index in [1.165, 1.54) is 27.6 Å². The fraction of sp³-hybridized carbons (Fsp3) is 0. The maximum Gasteiger partial charge on any atom is 0.165 e. The van der Waals surface area contributed by atoms with Crippen molar-refractivity contribution < 1.29 is 10.2 Å². The topological polar surface area (TPSA) is 40.5 Å². The zero-order valence-corrected chi connectivity index (χ0v) is 14.1. The molecule has 0 radical (unpaired) electrons. The van der Waals surface area contributed by atoms with Crippen LogP contribution in [-0.4, -0.2) is 10.2 Å². The van der Waals surface area contributed by atoms with Crippen molar-refractivity contribution in [2.24, 2.45) is 0 Å². The van der Waals surface area contributed by atoms with Gasteiger partial charge in [-0.2, -0.15) is 0 Å². The average molecular weight is 338 g/mol. The second-order valence-electron chi connectivity index (χ2n) is 6.20. The summed E-state index contributed by atoms with van der Waals surface area (Å²) in [5.41, 5.74) is 0. The Morgan fingerprint density at radius 2 is 0.846 bits per heavy atom. The smallest absolute Gasteiger partial charge is 0.165 e. The molecule has 0 aliphatic heterocycles. The number of hydrogen-bond donors (Lipinski definition) is 2. The summed E-state index contributed by atoms with van der Waals surface area (Å²) in [5, 5.41) is 25.4. The SMILES string of the molecule is Oc1ccc2ccccc2c1O.c1ccc2cc3ccccc3cc2c1. The number of phenolic OH excluding ortho intramolecular Hbond substituents is 2. The Morgan fingerprint density at radius 1 is 0.423 bits per heavy atom. The van der Waals surface area contributed by atoms with Gasteiger partial charge in [0, 0.05) is 5.39 Å². The fourth-order valence-corrected chi connectivity index (χ4v) is 3.13. The average Bonchev–Trinajstić information content (AvgIpc) is 2.70. The third-order valence-electron chi connectivity index (χ3n) is 4.49. The first-order chi connectivity index (χ1) is 12.7. The summed E-state index contributed by atoms with van der Waals surface area (Å²) >= 11 is 0. The molecule has 0 bridgehead atoms. The molecule has 0 heterocycles. The third-order valence-corrected chi connectivity index (χ3v) is 4.49. The van der Waals surface area contributed by atoms with Crippen LogP contribution in [0.4, 0.5) is 0 Å². The summed E-state index contributed by atoms with van der Waals surface area (Å²) in [6.07, 6.45) is 0. The number of benzene rings is 5. The van der Waals surface area contributed by atoms with Gasteiger partial charge < -0.3 is 10.2 Å². The van der Waals surface area contributed by atoms with Gasteiger partial charge in [0.1, 0.15) is 0 Å². The Morgan fingerprint density at radius 3 is 1.35 bits per heavy atom. The van der Waals surface area contributed by atoms with Crippen molar-refractivity contribution in [1.82, 2.24) is 0 Å². The lowest BCUT2D eigenvalue weighted by Gasteiger charge is -2.01. The summed E-state index contributed by atoms with van der Waals surface area (Å²) in [6, 6.07) is 32.0. The van der Waals surface area contributed by atoms with Crippen LogP contribution < -0.4 is 0 Å². The molecule has 26 heavy (non-hydrogen) atoms. The van der Waals surface area contributed by atoms with E-state index in [-0.39, 0.29) is 11.5 Å².